The van der Waals surface area contributed by atoms with Crippen LogP contribution in [0.1, 0.15) is 40.5 Å². The third-order valence-corrected chi connectivity index (χ3v) is 3.91. The first kappa shape index (κ1) is 14.0. The molecule has 1 fully saturated rings. The van der Waals surface area contributed by atoms with E-state index in [2.05, 4.69) is 45.0 Å². The Morgan fingerprint density at radius 3 is 2.44 bits per heavy atom. The van der Waals surface area contributed by atoms with Crippen LogP contribution in [0.3, 0.4) is 0 Å². The Balaban J connectivity index is 2.29. The number of hydrogen-bond acceptors (Lipinski definition) is 2. The summed E-state index contributed by atoms with van der Waals surface area (Å²) < 4.78 is 0. The van der Waals surface area contributed by atoms with E-state index < -0.39 is 0 Å². The molecule has 1 aliphatic carbocycles. The van der Waals surface area contributed by atoms with Crippen molar-refractivity contribution in [1.29, 1.82) is 0 Å². The molecule has 0 heterocycles. The molecular weight excluding hydrogens is 196 g/mol. The fourth-order valence-corrected chi connectivity index (χ4v) is 2.49. The van der Waals surface area contributed by atoms with Crippen LogP contribution >= 0.6 is 0 Å². The molecular formula is C14H30N2. The summed E-state index contributed by atoms with van der Waals surface area (Å²) in [4.78, 5) is 2.57. The van der Waals surface area contributed by atoms with E-state index in [0.717, 1.165) is 30.8 Å². The highest BCUT2D eigenvalue weighted by atomic mass is 15.2. The van der Waals surface area contributed by atoms with Gasteiger partial charge in [0.1, 0.15) is 0 Å². The van der Waals surface area contributed by atoms with Gasteiger partial charge in [-0.15, -0.1) is 0 Å². The first-order valence-electron chi connectivity index (χ1n) is 6.97. The SMILES string of the molecule is CCCNCC(C(C)C)N(C)CC1CC1C. The van der Waals surface area contributed by atoms with Crippen LogP contribution in [0.5, 0.6) is 0 Å². The van der Waals surface area contributed by atoms with E-state index >= 15 is 0 Å². The van der Waals surface area contributed by atoms with Gasteiger partial charge in [-0.05, 0) is 44.2 Å². The molecule has 0 aromatic rings. The van der Waals surface area contributed by atoms with Gasteiger partial charge in [0, 0.05) is 19.1 Å². The molecule has 16 heavy (non-hydrogen) atoms. The Bertz CT molecular complexity index is 191. The lowest BCUT2D eigenvalue weighted by atomic mass is 10.0. The Morgan fingerprint density at radius 2 is 2.00 bits per heavy atom. The van der Waals surface area contributed by atoms with Gasteiger partial charge in [0.05, 0.1) is 0 Å². The molecule has 0 aliphatic heterocycles. The van der Waals surface area contributed by atoms with E-state index in [0.29, 0.717) is 6.04 Å². The monoisotopic (exact) mass is 226 g/mol. The molecule has 0 bridgehead atoms. The summed E-state index contributed by atoms with van der Waals surface area (Å²) in [6.07, 6.45) is 2.67. The highest BCUT2D eigenvalue weighted by Gasteiger charge is 2.34. The van der Waals surface area contributed by atoms with Gasteiger partial charge >= 0.3 is 0 Å². The maximum absolute atomic E-state index is 3.56. The summed E-state index contributed by atoms with van der Waals surface area (Å²) in [5.74, 6) is 2.68. The first-order chi connectivity index (χ1) is 7.56. The molecule has 1 N–H and O–H groups in total. The highest BCUT2D eigenvalue weighted by molar-refractivity contribution is 4.87. The molecule has 0 amide bonds. The van der Waals surface area contributed by atoms with Crippen LogP contribution in [-0.4, -0.2) is 37.6 Å². The molecule has 2 nitrogen and oxygen atoms in total. The maximum Gasteiger partial charge on any atom is 0.0240 e. The van der Waals surface area contributed by atoms with Crippen LogP contribution in [0.2, 0.25) is 0 Å². The van der Waals surface area contributed by atoms with E-state index in [1.165, 1.54) is 19.4 Å². The summed E-state index contributed by atoms with van der Waals surface area (Å²) >= 11 is 0. The molecule has 96 valence electrons. The summed E-state index contributed by atoms with van der Waals surface area (Å²) in [5.41, 5.74) is 0. The lowest BCUT2D eigenvalue weighted by Gasteiger charge is -2.31. The van der Waals surface area contributed by atoms with Crippen LogP contribution in [0.4, 0.5) is 0 Å². The van der Waals surface area contributed by atoms with Crippen molar-refractivity contribution in [3.05, 3.63) is 0 Å². The first-order valence-corrected chi connectivity index (χ1v) is 6.97. The minimum atomic E-state index is 0.694. The third-order valence-electron chi connectivity index (χ3n) is 3.91. The van der Waals surface area contributed by atoms with Gasteiger partial charge in [-0.1, -0.05) is 27.7 Å². The predicted octanol–water partition coefficient (Wildman–Crippen LogP) is 2.60. The molecule has 0 aromatic carbocycles. The average Bonchev–Trinajstić information content (AvgIpc) is 2.88. The van der Waals surface area contributed by atoms with Crippen molar-refractivity contribution >= 4 is 0 Å². The van der Waals surface area contributed by atoms with Gasteiger partial charge in [0.15, 0.2) is 0 Å². The quantitative estimate of drug-likeness (QED) is 0.640. The zero-order chi connectivity index (χ0) is 12.1. The predicted molar refractivity (Wildman–Crippen MR) is 71.7 cm³/mol. The molecule has 0 radical (unpaired) electrons. The number of hydrogen-bond donors (Lipinski definition) is 1. The highest BCUT2D eigenvalue weighted by Crippen LogP contribution is 2.38. The van der Waals surface area contributed by atoms with Crippen LogP contribution in [-0.2, 0) is 0 Å². The molecule has 3 atom stereocenters. The molecule has 1 saturated carbocycles. The fourth-order valence-electron chi connectivity index (χ4n) is 2.49. The molecule has 1 rings (SSSR count). The Kier molecular flexibility index (Phi) is 5.77. The maximum atomic E-state index is 3.56. The van der Waals surface area contributed by atoms with Crippen molar-refractivity contribution in [2.75, 3.05) is 26.7 Å². The van der Waals surface area contributed by atoms with E-state index in [4.69, 9.17) is 0 Å². The average molecular weight is 226 g/mol. The lowest BCUT2D eigenvalue weighted by Crippen LogP contribution is -2.44. The van der Waals surface area contributed by atoms with Gasteiger partial charge in [-0.2, -0.15) is 0 Å². The smallest absolute Gasteiger partial charge is 0.0240 e. The zero-order valence-electron chi connectivity index (χ0n) is 11.8. The lowest BCUT2D eigenvalue weighted by molar-refractivity contribution is 0.178. The minimum absolute atomic E-state index is 0.694. The molecule has 0 saturated heterocycles. The second-order valence-electron chi connectivity index (χ2n) is 5.93. The topological polar surface area (TPSA) is 15.3 Å². The number of rotatable bonds is 8. The van der Waals surface area contributed by atoms with Gasteiger partial charge in [0.25, 0.3) is 0 Å². The summed E-state index contributed by atoms with van der Waals surface area (Å²) in [7, 11) is 2.29. The van der Waals surface area contributed by atoms with Crippen molar-refractivity contribution < 1.29 is 0 Å². The molecule has 0 aromatic heterocycles. The third kappa shape index (κ3) is 4.42. The van der Waals surface area contributed by atoms with E-state index in [9.17, 15) is 0 Å². The van der Waals surface area contributed by atoms with Gasteiger partial charge in [-0.25, -0.2) is 0 Å². The molecule has 1 aliphatic rings. The van der Waals surface area contributed by atoms with Crippen LogP contribution in [0.15, 0.2) is 0 Å². The molecule has 0 spiro atoms. The fraction of sp³-hybridized carbons (Fsp3) is 1.00. The van der Waals surface area contributed by atoms with Crippen LogP contribution in [0, 0.1) is 17.8 Å². The van der Waals surface area contributed by atoms with Crippen molar-refractivity contribution in [2.45, 2.75) is 46.6 Å². The van der Waals surface area contributed by atoms with Crippen molar-refractivity contribution in [2.24, 2.45) is 17.8 Å². The second-order valence-corrected chi connectivity index (χ2v) is 5.93. The minimum Gasteiger partial charge on any atom is -0.315 e. The number of nitrogens with zero attached hydrogens (tertiary/aromatic N) is 1. The van der Waals surface area contributed by atoms with Crippen LogP contribution < -0.4 is 5.32 Å². The van der Waals surface area contributed by atoms with E-state index in [1.807, 2.05) is 0 Å². The molecule has 3 unspecified atom stereocenters. The van der Waals surface area contributed by atoms with Crippen LogP contribution in [0.25, 0.3) is 0 Å². The summed E-state index contributed by atoms with van der Waals surface area (Å²) in [6.45, 7) is 12.9. The summed E-state index contributed by atoms with van der Waals surface area (Å²) in [6, 6.07) is 0.694. The Labute approximate surface area is 102 Å². The van der Waals surface area contributed by atoms with E-state index in [-0.39, 0.29) is 0 Å². The van der Waals surface area contributed by atoms with E-state index in [1.54, 1.807) is 0 Å². The normalized spacial score (nSPS) is 26.4. The van der Waals surface area contributed by atoms with Crippen molar-refractivity contribution in [3.8, 4) is 0 Å². The Hall–Kier alpha value is -0.0800. The number of likely N-dealkylation sites (N-methyl/N-ethyl adjacent to an activating group) is 1. The largest absolute Gasteiger partial charge is 0.315 e. The van der Waals surface area contributed by atoms with Gasteiger partial charge < -0.3 is 10.2 Å². The van der Waals surface area contributed by atoms with Crippen molar-refractivity contribution in [3.63, 3.8) is 0 Å². The second kappa shape index (κ2) is 6.61. The summed E-state index contributed by atoms with van der Waals surface area (Å²) in [5, 5.41) is 3.56. The van der Waals surface area contributed by atoms with Crippen molar-refractivity contribution in [1.82, 2.24) is 10.2 Å². The standard InChI is InChI=1S/C14H30N2/c1-6-7-15-9-14(11(2)3)16(5)10-13-8-12(13)4/h11-15H,6-10H2,1-5H3. The number of nitrogens with one attached hydrogen (secondary N) is 1. The Morgan fingerprint density at radius 1 is 1.38 bits per heavy atom. The van der Waals surface area contributed by atoms with Gasteiger partial charge in [-0.3, -0.25) is 0 Å². The van der Waals surface area contributed by atoms with Gasteiger partial charge in [0.2, 0.25) is 0 Å². The molecule has 2 heteroatoms. The zero-order valence-corrected chi connectivity index (χ0v) is 11.8.